The van der Waals surface area contributed by atoms with Gasteiger partial charge in [-0.3, -0.25) is 19.4 Å². The fraction of sp³-hybridized carbons (Fsp3) is 0.333. The lowest BCUT2D eigenvalue weighted by atomic mass is 9.73. The molecule has 11 nitrogen and oxygen atoms in total. The van der Waals surface area contributed by atoms with E-state index in [9.17, 15) is 28.3 Å². The Kier molecular flexibility index (Phi) is 7.88. The van der Waals surface area contributed by atoms with Crippen LogP contribution >= 0.6 is 0 Å². The number of hydrogen-bond acceptors (Lipinski definition) is 9. The van der Waals surface area contributed by atoms with Crippen LogP contribution in [0.4, 0.5) is 14.7 Å². The van der Waals surface area contributed by atoms with Gasteiger partial charge in [-0.2, -0.15) is 0 Å². The highest BCUT2D eigenvalue weighted by Crippen LogP contribution is 2.44. The predicted molar refractivity (Wildman–Crippen MR) is 163 cm³/mol. The molecule has 4 N–H and O–H groups in total. The molecule has 0 spiro atoms. The molecule has 2 heterocycles. The van der Waals surface area contributed by atoms with E-state index in [-0.39, 0.29) is 55.5 Å². The van der Waals surface area contributed by atoms with Crippen LogP contribution in [0.1, 0.15) is 29.5 Å². The molecule has 6 rings (SSSR count). The number of H-pyrrole nitrogens is 1. The summed E-state index contributed by atoms with van der Waals surface area (Å²) in [6, 6.07) is 13.9. The Labute approximate surface area is 261 Å². The van der Waals surface area contributed by atoms with Crippen molar-refractivity contribution in [1.29, 1.82) is 0 Å². The Morgan fingerprint density at radius 1 is 1.07 bits per heavy atom. The lowest BCUT2D eigenvalue weighted by Crippen LogP contribution is -2.53. The van der Waals surface area contributed by atoms with Crippen LogP contribution in [0.5, 0.6) is 11.5 Å². The number of amides is 1. The third-order valence-electron chi connectivity index (χ3n) is 9.09. The van der Waals surface area contributed by atoms with Gasteiger partial charge < -0.3 is 30.0 Å². The van der Waals surface area contributed by atoms with Crippen molar-refractivity contribution in [3.05, 3.63) is 93.3 Å². The van der Waals surface area contributed by atoms with Crippen molar-refractivity contribution in [3.63, 3.8) is 0 Å². The minimum Gasteiger partial charge on any atom is -0.493 e. The molecule has 4 aromatic rings. The lowest BCUT2D eigenvalue weighted by molar-refractivity contribution is -0.180. The van der Waals surface area contributed by atoms with Crippen molar-refractivity contribution in [2.45, 2.75) is 37.4 Å². The summed E-state index contributed by atoms with van der Waals surface area (Å²) >= 11 is 0. The highest BCUT2D eigenvalue weighted by Gasteiger charge is 2.56. The number of aromatic amines is 1. The van der Waals surface area contributed by atoms with Crippen molar-refractivity contribution in [2.24, 2.45) is 11.1 Å². The molecule has 1 amide bonds. The average Bonchev–Trinajstić information content (AvgIpc) is 3.33. The summed E-state index contributed by atoms with van der Waals surface area (Å²) in [5.41, 5.74) is 2.13. The number of halogens is 2. The highest BCUT2D eigenvalue weighted by atomic mass is 19.1. The molecule has 240 valence electrons. The molecule has 2 unspecified atom stereocenters. The second-order valence-corrected chi connectivity index (χ2v) is 11.7. The number of carbonyl (C=O) groups is 2. The number of hydrogen-bond donors (Lipinski definition) is 3. The molecule has 2 atom stereocenters. The van der Waals surface area contributed by atoms with E-state index < -0.39 is 40.6 Å². The normalized spacial score (nSPS) is 20.3. The van der Waals surface area contributed by atoms with Crippen LogP contribution in [0.2, 0.25) is 0 Å². The molecule has 1 fully saturated rings. The van der Waals surface area contributed by atoms with E-state index in [1.54, 1.807) is 12.1 Å². The van der Waals surface area contributed by atoms with E-state index in [0.717, 1.165) is 11.6 Å². The quantitative estimate of drug-likeness (QED) is 0.248. The summed E-state index contributed by atoms with van der Waals surface area (Å²) in [5, 5.41) is 11.7. The van der Waals surface area contributed by atoms with Crippen LogP contribution in [0.3, 0.4) is 0 Å². The van der Waals surface area contributed by atoms with Gasteiger partial charge in [0, 0.05) is 37.2 Å². The maximum absolute atomic E-state index is 14.7. The number of nitrogens with two attached hydrogens (primary N) is 1. The van der Waals surface area contributed by atoms with Gasteiger partial charge in [-0.25, -0.2) is 13.8 Å². The molecular weight excluding hydrogens is 602 g/mol. The van der Waals surface area contributed by atoms with E-state index in [4.69, 9.17) is 19.9 Å². The zero-order valence-electron chi connectivity index (χ0n) is 25.1. The summed E-state index contributed by atoms with van der Waals surface area (Å²) in [7, 11) is 2.95. The van der Waals surface area contributed by atoms with Crippen molar-refractivity contribution in [3.8, 4) is 11.5 Å². The third kappa shape index (κ3) is 5.19. The van der Waals surface area contributed by atoms with Gasteiger partial charge in [-0.15, -0.1) is 0 Å². The first kappa shape index (κ1) is 31.0. The molecule has 13 heteroatoms. The molecule has 0 saturated carbocycles. The molecule has 0 bridgehead atoms. The molecule has 3 aromatic carbocycles. The van der Waals surface area contributed by atoms with E-state index in [1.165, 1.54) is 14.2 Å². The standard InChI is InChI=1S/C33H32F2N4O7/c1-44-25-14-21-24(16-26(25)45-2)37-31(38-28(21)40)39-10-8-32(9-11-39,17-18-6-4-3-5-7-18)30(42)46-27-15-20-22(33(27,43)29(36)41)12-19(34)13-23(20)35/h3-7,12-14,16,27,43H,8-11,15,17H2,1-2H3,(H2,36,41)(H,37,38,40). The minimum atomic E-state index is -2.62. The molecule has 1 aliphatic heterocycles. The lowest BCUT2D eigenvalue weighted by Gasteiger charge is -2.41. The van der Waals surface area contributed by atoms with Crippen LogP contribution < -0.4 is 25.7 Å². The second kappa shape index (κ2) is 11.7. The van der Waals surface area contributed by atoms with Crippen molar-refractivity contribution < 1.29 is 37.7 Å². The smallest absolute Gasteiger partial charge is 0.312 e. The molecular formula is C33H32F2N4O7. The number of ether oxygens (including phenoxy) is 3. The number of nitrogens with one attached hydrogen (secondary N) is 1. The van der Waals surface area contributed by atoms with Gasteiger partial charge in [-0.05, 0) is 42.5 Å². The van der Waals surface area contributed by atoms with Crippen LogP contribution in [0, 0.1) is 17.0 Å². The van der Waals surface area contributed by atoms with E-state index in [1.807, 2.05) is 35.2 Å². The second-order valence-electron chi connectivity index (χ2n) is 11.7. The number of primary amides is 1. The number of aliphatic hydroxyl groups is 1. The number of methoxy groups -OCH3 is 2. The van der Waals surface area contributed by atoms with Gasteiger partial charge >= 0.3 is 5.97 Å². The summed E-state index contributed by atoms with van der Waals surface area (Å²) in [6.07, 6.45) is -1.19. The Hall–Kier alpha value is -5.04. The van der Waals surface area contributed by atoms with Gasteiger partial charge in [0.25, 0.3) is 11.5 Å². The van der Waals surface area contributed by atoms with Crippen molar-refractivity contribution in [2.75, 3.05) is 32.2 Å². The van der Waals surface area contributed by atoms with Gasteiger partial charge in [0.15, 0.2) is 11.5 Å². The number of anilines is 1. The predicted octanol–water partition coefficient (Wildman–Crippen LogP) is 2.89. The Morgan fingerprint density at radius 2 is 1.74 bits per heavy atom. The van der Waals surface area contributed by atoms with Gasteiger partial charge in [0.05, 0.1) is 30.5 Å². The molecule has 46 heavy (non-hydrogen) atoms. The van der Waals surface area contributed by atoms with E-state index in [2.05, 4.69) is 9.97 Å². The molecule has 0 radical (unpaired) electrons. The average molecular weight is 635 g/mol. The summed E-state index contributed by atoms with van der Waals surface area (Å²) in [4.78, 5) is 49.0. The first-order valence-electron chi connectivity index (χ1n) is 14.7. The van der Waals surface area contributed by atoms with Crippen LogP contribution in [0.25, 0.3) is 10.9 Å². The monoisotopic (exact) mass is 634 g/mol. The number of benzene rings is 3. The first-order chi connectivity index (χ1) is 22.0. The zero-order chi connectivity index (χ0) is 32.8. The maximum atomic E-state index is 14.7. The highest BCUT2D eigenvalue weighted by molar-refractivity contribution is 5.88. The Morgan fingerprint density at radius 3 is 2.39 bits per heavy atom. The molecule has 1 saturated heterocycles. The van der Waals surface area contributed by atoms with Gasteiger partial charge in [-0.1, -0.05) is 30.3 Å². The summed E-state index contributed by atoms with van der Waals surface area (Å²) < 4.78 is 45.3. The fourth-order valence-corrected chi connectivity index (χ4v) is 6.52. The van der Waals surface area contributed by atoms with Crippen LogP contribution in [0.15, 0.2) is 59.4 Å². The number of piperidine rings is 1. The van der Waals surface area contributed by atoms with Gasteiger partial charge in [0.2, 0.25) is 11.5 Å². The van der Waals surface area contributed by atoms with Crippen molar-refractivity contribution >= 4 is 28.7 Å². The SMILES string of the molecule is COc1cc2nc(N3CCC(Cc4ccccc4)(C(=O)OC4Cc5c(F)cc(F)cc5C4(O)C(N)=O)CC3)[nH]c(=O)c2cc1OC. The molecule has 1 aromatic heterocycles. The Bertz CT molecular complexity index is 1890. The number of nitrogens with zero attached hydrogens (tertiary/aromatic N) is 2. The van der Waals surface area contributed by atoms with E-state index >= 15 is 0 Å². The van der Waals surface area contributed by atoms with Crippen molar-refractivity contribution in [1.82, 2.24) is 9.97 Å². The van der Waals surface area contributed by atoms with Crippen LogP contribution in [-0.4, -0.2) is 60.4 Å². The fourth-order valence-electron chi connectivity index (χ4n) is 6.52. The number of esters is 1. The van der Waals surface area contributed by atoms with Crippen LogP contribution in [-0.2, 0) is 32.8 Å². The molecule has 2 aliphatic rings. The Balaban J connectivity index is 1.30. The number of aromatic nitrogens is 2. The summed E-state index contributed by atoms with van der Waals surface area (Å²) in [5.74, 6) is -2.89. The number of fused-ring (bicyclic) bond motifs is 2. The largest absolute Gasteiger partial charge is 0.493 e. The summed E-state index contributed by atoms with van der Waals surface area (Å²) in [6.45, 7) is 0.572. The number of carbonyl (C=O) groups excluding carboxylic acids is 2. The zero-order valence-corrected chi connectivity index (χ0v) is 25.1. The topological polar surface area (TPSA) is 157 Å². The van der Waals surface area contributed by atoms with Gasteiger partial charge in [0.1, 0.15) is 17.7 Å². The minimum absolute atomic E-state index is 0.145. The number of rotatable bonds is 8. The molecule has 1 aliphatic carbocycles. The maximum Gasteiger partial charge on any atom is 0.312 e. The first-order valence-corrected chi connectivity index (χ1v) is 14.7. The third-order valence-corrected chi connectivity index (χ3v) is 9.09. The van der Waals surface area contributed by atoms with E-state index in [0.29, 0.717) is 34.4 Å².